The van der Waals surface area contributed by atoms with E-state index in [2.05, 4.69) is 67.9 Å². The van der Waals surface area contributed by atoms with Crippen molar-refractivity contribution in [3.05, 3.63) is 19.0 Å². The van der Waals surface area contributed by atoms with Crippen molar-refractivity contribution in [2.24, 2.45) is 0 Å². The predicted octanol–water partition coefficient (Wildman–Crippen LogP) is 3.98. The van der Waals surface area contributed by atoms with E-state index in [1.54, 1.807) is 0 Å². The molecule has 0 atom stereocenters. The van der Waals surface area contributed by atoms with Crippen molar-refractivity contribution < 1.29 is 0 Å². The zero-order valence-corrected chi connectivity index (χ0v) is 18.8. The summed E-state index contributed by atoms with van der Waals surface area (Å²) in [5.41, 5.74) is 3.67. The molecule has 0 amide bonds. The first-order valence-corrected chi connectivity index (χ1v) is 11.3. The Hall–Kier alpha value is -0.150. The third kappa shape index (κ3) is 3.52. The van der Waals surface area contributed by atoms with Crippen molar-refractivity contribution in [2.45, 2.75) is 25.8 Å². The Bertz CT molecular complexity index is 783. The van der Waals surface area contributed by atoms with Crippen LogP contribution in [0, 0.1) is 0 Å². The quantitative estimate of drug-likeness (QED) is 0.449. The van der Waals surface area contributed by atoms with E-state index in [4.69, 9.17) is 4.98 Å². The molecule has 5 nitrogen and oxygen atoms in total. The van der Waals surface area contributed by atoms with E-state index in [1.165, 1.54) is 11.1 Å². The third-order valence-electron chi connectivity index (χ3n) is 5.06. The molecule has 136 valence electrons. The number of hydrogen-bond acceptors (Lipinski definition) is 4. The second kappa shape index (κ2) is 7.84. The van der Waals surface area contributed by atoms with Gasteiger partial charge in [0, 0.05) is 48.2 Å². The Labute approximate surface area is 173 Å². The molecule has 8 heteroatoms. The van der Waals surface area contributed by atoms with Gasteiger partial charge < -0.3 is 20.1 Å². The Morgan fingerprint density at radius 3 is 2.64 bits per heavy atom. The molecule has 2 N–H and O–H groups in total. The standard InChI is InChI=1S/C17H22Br3N5/c18-12-11-3-1-8-25-16(11)15(14(20)13(12)19)23-17(25)22-4-2-7-24-9-5-21-6-10-24/h21H,1-10H2,(H,22,23). The zero-order valence-electron chi connectivity index (χ0n) is 14.0. The Kier molecular flexibility index (Phi) is 5.72. The van der Waals surface area contributed by atoms with E-state index in [9.17, 15) is 0 Å². The van der Waals surface area contributed by atoms with Crippen LogP contribution in [-0.2, 0) is 13.0 Å². The largest absolute Gasteiger partial charge is 0.356 e. The molecule has 3 heterocycles. The summed E-state index contributed by atoms with van der Waals surface area (Å²) in [7, 11) is 0. The van der Waals surface area contributed by atoms with Crippen molar-refractivity contribution in [1.82, 2.24) is 19.8 Å². The van der Waals surface area contributed by atoms with Crippen LogP contribution in [0.4, 0.5) is 5.95 Å². The molecule has 1 fully saturated rings. The van der Waals surface area contributed by atoms with Gasteiger partial charge in [-0.05, 0) is 79.2 Å². The monoisotopic (exact) mass is 533 g/mol. The number of hydrogen-bond donors (Lipinski definition) is 2. The number of rotatable bonds is 5. The highest BCUT2D eigenvalue weighted by Crippen LogP contribution is 2.43. The van der Waals surface area contributed by atoms with Crippen LogP contribution < -0.4 is 10.6 Å². The highest BCUT2D eigenvalue weighted by molar-refractivity contribution is 9.14. The van der Waals surface area contributed by atoms with Gasteiger partial charge in [-0.3, -0.25) is 0 Å². The minimum absolute atomic E-state index is 0.961. The van der Waals surface area contributed by atoms with Crippen LogP contribution in [0.25, 0.3) is 11.0 Å². The van der Waals surface area contributed by atoms with Gasteiger partial charge in [0.1, 0.15) is 5.52 Å². The van der Waals surface area contributed by atoms with Gasteiger partial charge in [0.05, 0.1) is 9.99 Å². The van der Waals surface area contributed by atoms with Gasteiger partial charge in [-0.1, -0.05) is 0 Å². The van der Waals surface area contributed by atoms with Crippen molar-refractivity contribution in [1.29, 1.82) is 0 Å². The minimum atomic E-state index is 0.961. The van der Waals surface area contributed by atoms with Crippen LogP contribution in [-0.4, -0.2) is 53.7 Å². The van der Waals surface area contributed by atoms with Crippen molar-refractivity contribution in [2.75, 3.05) is 44.6 Å². The van der Waals surface area contributed by atoms with Crippen molar-refractivity contribution in [3.63, 3.8) is 0 Å². The normalized spacial score (nSPS) is 18.0. The van der Waals surface area contributed by atoms with Crippen LogP contribution in [0.2, 0.25) is 0 Å². The average Bonchev–Trinajstić information content (AvgIpc) is 3.02. The fourth-order valence-corrected chi connectivity index (χ4v) is 5.53. The maximum atomic E-state index is 4.90. The molecule has 0 unspecified atom stereocenters. The van der Waals surface area contributed by atoms with E-state index in [0.29, 0.717) is 0 Å². The summed E-state index contributed by atoms with van der Waals surface area (Å²) in [5, 5.41) is 6.98. The second-order valence-electron chi connectivity index (χ2n) is 6.68. The molecule has 1 aromatic heterocycles. The van der Waals surface area contributed by atoms with Gasteiger partial charge in [0.15, 0.2) is 0 Å². The van der Waals surface area contributed by atoms with Crippen LogP contribution in [0.3, 0.4) is 0 Å². The van der Waals surface area contributed by atoms with Crippen LogP contribution in [0.1, 0.15) is 18.4 Å². The lowest BCUT2D eigenvalue weighted by Crippen LogP contribution is -2.44. The Morgan fingerprint density at radius 1 is 1.04 bits per heavy atom. The molecule has 4 rings (SSSR count). The number of nitrogens with zero attached hydrogens (tertiary/aromatic N) is 3. The lowest BCUT2D eigenvalue weighted by atomic mass is 10.0. The summed E-state index contributed by atoms with van der Waals surface area (Å²) in [6.45, 7) is 7.70. The lowest BCUT2D eigenvalue weighted by molar-refractivity contribution is 0.240. The first kappa shape index (κ1) is 18.2. The number of imidazole rings is 1. The topological polar surface area (TPSA) is 45.1 Å². The first-order chi connectivity index (χ1) is 12.2. The fraction of sp³-hybridized carbons (Fsp3) is 0.588. The van der Waals surface area contributed by atoms with Gasteiger partial charge in [0.2, 0.25) is 5.95 Å². The van der Waals surface area contributed by atoms with E-state index in [1.807, 2.05) is 0 Å². The van der Waals surface area contributed by atoms with E-state index < -0.39 is 0 Å². The van der Waals surface area contributed by atoms with E-state index in [-0.39, 0.29) is 0 Å². The smallest absolute Gasteiger partial charge is 0.203 e. The van der Waals surface area contributed by atoms with Gasteiger partial charge in [-0.25, -0.2) is 4.98 Å². The number of benzene rings is 1. The summed E-state index contributed by atoms with van der Waals surface area (Å²) in [6, 6.07) is 0. The summed E-state index contributed by atoms with van der Waals surface area (Å²) in [6.07, 6.45) is 3.39. The summed E-state index contributed by atoms with van der Waals surface area (Å²) < 4.78 is 5.59. The molecule has 0 saturated carbocycles. The van der Waals surface area contributed by atoms with Crippen molar-refractivity contribution >= 4 is 64.8 Å². The predicted molar refractivity (Wildman–Crippen MR) is 114 cm³/mol. The van der Waals surface area contributed by atoms with Gasteiger partial charge in [-0.2, -0.15) is 0 Å². The molecular formula is C17H22Br3N5. The maximum absolute atomic E-state index is 4.90. The van der Waals surface area contributed by atoms with Gasteiger partial charge in [-0.15, -0.1) is 0 Å². The van der Waals surface area contributed by atoms with E-state index >= 15 is 0 Å². The molecule has 0 radical (unpaired) electrons. The number of halogens is 3. The summed E-state index contributed by atoms with van der Waals surface area (Å²) in [5.74, 6) is 1.00. The molecule has 1 aromatic carbocycles. The van der Waals surface area contributed by atoms with Crippen molar-refractivity contribution in [3.8, 4) is 0 Å². The number of anilines is 1. The molecule has 1 saturated heterocycles. The molecule has 2 aliphatic rings. The molecule has 0 aliphatic carbocycles. The van der Waals surface area contributed by atoms with Crippen LogP contribution in [0.15, 0.2) is 13.4 Å². The molecule has 0 spiro atoms. The number of aryl methyl sites for hydroxylation is 2. The SMILES string of the molecule is Brc1c(Br)c2c3c(nc(NCCCN4CCNCC4)n3CCC2)c1Br. The molecule has 25 heavy (non-hydrogen) atoms. The third-order valence-corrected chi connectivity index (χ3v) is 8.57. The van der Waals surface area contributed by atoms with Crippen LogP contribution in [0.5, 0.6) is 0 Å². The second-order valence-corrected chi connectivity index (χ2v) is 9.06. The lowest BCUT2D eigenvalue weighted by Gasteiger charge is -2.27. The highest BCUT2D eigenvalue weighted by Gasteiger charge is 2.24. The first-order valence-electron chi connectivity index (χ1n) is 8.89. The van der Waals surface area contributed by atoms with Crippen LogP contribution >= 0.6 is 47.8 Å². The Balaban J connectivity index is 1.51. The average molecular weight is 536 g/mol. The maximum Gasteiger partial charge on any atom is 0.203 e. The molecule has 2 aliphatic heterocycles. The number of nitrogens with one attached hydrogen (secondary N) is 2. The summed E-state index contributed by atoms with van der Waals surface area (Å²) >= 11 is 11.1. The van der Waals surface area contributed by atoms with E-state index in [0.717, 1.165) is 90.0 Å². The molecule has 0 bridgehead atoms. The number of piperazine rings is 1. The highest BCUT2D eigenvalue weighted by atomic mass is 79.9. The molecular weight excluding hydrogens is 514 g/mol. The minimum Gasteiger partial charge on any atom is -0.356 e. The van der Waals surface area contributed by atoms with Gasteiger partial charge in [0.25, 0.3) is 0 Å². The molecule has 2 aromatic rings. The fourth-order valence-electron chi connectivity index (χ4n) is 3.78. The Morgan fingerprint density at radius 2 is 1.84 bits per heavy atom. The van der Waals surface area contributed by atoms with Gasteiger partial charge >= 0.3 is 0 Å². The summed E-state index contributed by atoms with van der Waals surface area (Å²) in [4.78, 5) is 7.44. The number of aromatic nitrogens is 2. The zero-order chi connectivity index (χ0) is 17.4.